The Morgan fingerprint density at radius 3 is 2.75 bits per heavy atom. The first-order chi connectivity index (χ1) is 9.54. The number of hydrogen-bond acceptors (Lipinski definition) is 5. The molecule has 2 rings (SSSR count). The summed E-state index contributed by atoms with van der Waals surface area (Å²) in [6.45, 7) is 1.71. The highest BCUT2D eigenvalue weighted by molar-refractivity contribution is 8.26. The normalized spacial score (nSPS) is 18.6. The zero-order valence-electron chi connectivity index (χ0n) is 10.6. The van der Waals surface area contributed by atoms with Gasteiger partial charge in [-0.15, -0.1) is 0 Å². The van der Waals surface area contributed by atoms with Crippen LogP contribution < -0.4 is 0 Å². The highest BCUT2D eigenvalue weighted by Crippen LogP contribution is 2.34. The highest BCUT2D eigenvalue weighted by atomic mass is 32.2. The van der Waals surface area contributed by atoms with Crippen LogP contribution in [0.25, 0.3) is 6.08 Å². The fourth-order valence-electron chi connectivity index (χ4n) is 1.83. The van der Waals surface area contributed by atoms with Crippen molar-refractivity contribution < 1.29 is 14.7 Å². The van der Waals surface area contributed by atoms with Crippen LogP contribution in [0.15, 0.2) is 29.4 Å². The topological polar surface area (TPSA) is 70.5 Å². The predicted octanol–water partition coefficient (Wildman–Crippen LogP) is 2.15. The van der Waals surface area contributed by atoms with Crippen LogP contribution in [0.3, 0.4) is 0 Å². The molecule has 1 saturated heterocycles. The van der Waals surface area contributed by atoms with Gasteiger partial charge < -0.3 is 5.11 Å². The number of aromatic nitrogens is 1. The maximum atomic E-state index is 12.3. The van der Waals surface area contributed by atoms with Gasteiger partial charge >= 0.3 is 5.97 Å². The van der Waals surface area contributed by atoms with E-state index in [4.69, 9.17) is 17.3 Å². The number of carbonyl (C=O) groups excluding carboxylic acids is 1. The molecule has 1 aromatic heterocycles. The molecular weight excluding hydrogens is 296 g/mol. The minimum atomic E-state index is -1.05. The minimum Gasteiger partial charge on any atom is -0.480 e. The molecule has 2 heterocycles. The SMILES string of the molecule is CC[C@@H](C(=O)O)N1C(=O)/C(=C\c2ccncc2)SC1=S. The van der Waals surface area contributed by atoms with E-state index in [0.717, 1.165) is 17.3 Å². The molecule has 0 aromatic carbocycles. The van der Waals surface area contributed by atoms with Crippen molar-refractivity contribution in [2.24, 2.45) is 0 Å². The highest BCUT2D eigenvalue weighted by Gasteiger charge is 2.39. The van der Waals surface area contributed by atoms with E-state index in [9.17, 15) is 9.59 Å². The Bertz CT molecular complexity index is 587. The standard InChI is InChI=1S/C13H12N2O3S2/c1-2-9(12(17)18)15-11(16)10(20-13(15)19)7-8-3-5-14-6-4-8/h3-7,9H,2H2,1H3,(H,17,18)/b10-7+/t9-/m0/s1. The molecule has 1 aromatic rings. The fraction of sp³-hybridized carbons (Fsp3) is 0.231. The van der Waals surface area contributed by atoms with Crippen LogP contribution >= 0.6 is 24.0 Å². The van der Waals surface area contributed by atoms with Gasteiger partial charge in [0, 0.05) is 12.4 Å². The Morgan fingerprint density at radius 2 is 2.20 bits per heavy atom. The van der Waals surface area contributed by atoms with Crippen molar-refractivity contribution in [1.29, 1.82) is 0 Å². The van der Waals surface area contributed by atoms with Gasteiger partial charge in [0.1, 0.15) is 10.4 Å². The van der Waals surface area contributed by atoms with Crippen LogP contribution in [0.1, 0.15) is 18.9 Å². The molecular formula is C13H12N2O3S2. The predicted molar refractivity (Wildman–Crippen MR) is 81.0 cm³/mol. The molecule has 0 spiro atoms. The quantitative estimate of drug-likeness (QED) is 0.679. The van der Waals surface area contributed by atoms with E-state index in [-0.39, 0.29) is 10.2 Å². The molecule has 0 saturated carbocycles. The molecule has 1 amide bonds. The van der Waals surface area contributed by atoms with Crippen molar-refractivity contribution in [3.05, 3.63) is 35.0 Å². The Labute approximate surface area is 125 Å². The number of pyridine rings is 1. The van der Waals surface area contributed by atoms with E-state index < -0.39 is 12.0 Å². The summed E-state index contributed by atoms with van der Waals surface area (Å²) in [4.78, 5) is 29.0. The van der Waals surface area contributed by atoms with Crippen LogP contribution in [-0.4, -0.2) is 37.2 Å². The number of hydrogen-bond donors (Lipinski definition) is 1. The molecule has 0 unspecified atom stereocenters. The van der Waals surface area contributed by atoms with Crippen LogP contribution in [0.5, 0.6) is 0 Å². The number of carbonyl (C=O) groups is 2. The van der Waals surface area contributed by atoms with E-state index in [1.165, 1.54) is 4.90 Å². The summed E-state index contributed by atoms with van der Waals surface area (Å²) in [5.74, 6) is -1.40. The molecule has 7 heteroatoms. The number of carboxylic acids is 1. The summed E-state index contributed by atoms with van der Waals surface area (Å²) in [6.07, 6.45) is 5.25. The van der Waals surface area contributed by atoms with Crippen LogP contribution in [0.4, 0.5) is 0 Å². The number of carboxylic acid groups (broad SMARTS) is 1. The summed E-state index contributed by atoms with van der Waals surface area (Å²) >= 11 is 6.25. The molecule has 1 N–H and O–H groups in total. The zero-order valence-corrected chi connectivity index (χ0v) is 12.3. The van der Waals surface area contributed by atoms with E-state index >= 15 is 0 Å². The van der Waals surface area contributed by atoms with Crippen LogP contribution in [-0.2, 0) is 9.59 Å². The Balaban J connectivity index is 2.29. The van der Waals surface area contributed by atoms with E-state index in [0.29, 0.717) is 11.3 Å². The van der Waals surface area contributed by atoms with Gasteiger partial charge in [-0.1, -0.05) is 30.9 Å². The lowest BCUT2D eigenvalue weighted by atomic mass is 10.2. The van der Waals surface area contributed by atoms with E-state index in [1.54, 1.807) is 37.5 Å². The first kappa shape index (κ1) is 14.7. The molecule has 104 valence electrons. The second kappa shape index (κ2) is 6.15. The van der Waals surface area contributed by atoms with Crippen molar-refractivity contribution in [1.82, 2.24) is 9.88 Å². The van der Waals surface area contributed by atoms with Gasteiger partial charge in [-0.05, 0) is 30.2 Å². The van der Waals surface area contributed by atoms with Gasteiger partial charge in [0.2, 0.25) is 0 Å². The Morgan fingerprint density at radius 1 is 1.55 bits per heavy atom. The average Bonchev–Trinajstić information content (AvgIpc) is 2.68. The van der Waals surface area contributed by atoms with Gasteiger partial charge in [-0.3, -0.25) is 14.7 Å². The van der Waals surface area contributed by atoms with E-state index in [1.807, 2.05) is 0 Å². The molecule has 1 atom stereocenters. The molecule has 1 aliphatic heterocycles. The van der Waals surface area contributed by atoms with Gasteiger partial charge in [-0.25, -0.2) is 4.79 Å². The fourth-order valence-corrected chi connectivity index (χ4v) is 3.18. The third-order valence-electron chi connectivity index (χ3n) is 2.81. The lowest BCUT2D eigenvalue weighted by Crippen LogP contribution is -2.43. The van der Waals surface area contributed by atoms with Gasteiger partial charge in [0.05, 0.1) is 4.91 Å². The van der Waals surface area contributed by atoms with Crippen LogP contribution in [0, 0.1) is 0 Å². The summed E-state index contributed by atoms with van der Waals surface area (Å²) < 4.78 is 0.282. The number of rotatable bonds is 4. The van der Waals surface area contributed by atoms with E-state index in [2.05, 4.69) is 4.98 Å². The number of amides is 1. The number of aliphatic carboxylic acids is 1. The maximum Gasteiger partial charge on any atom is 0.326 e. The van der Waals surface area contributed by atoms with Crippen LogP contribution in [0.2, 0.25) is 0 Å². The second-order valence-corrected chi connectivity index (χ2v) is 5.77. The summed E-state index contributed by atoms with van der Waals surface area (Å²) in [7, 11) is 0. The molecule has 20 heavy (non-hydrogen) atoms. The van der Waals surface area contributed by atoms with Crippen molar-refractivity contribution in [2.45, 2.75) is 19.4 Å². The lowest BCUT2D eigenvalue weighted by molar-refractivity contribution is -0.145. The second-order valence-electron chi connectivity index (χ2n) is 4.09. The molecule has 0 bridgehead atoms. The monoisotopic (exact) mass is 308 g/mol. The zero-order chi connectivity index (χ0) is 14.7. The van der Waals surface area contributed by atoms with Crippen molar-refractivity contribution in [3.63, 3.8) is 0 Å². The maximum absolute atomic E-state index is 12.3. The largest absolute Gasteiger partial charge is 0.480 e. The first-order valence-corrected chi connectivity index (χ1v) is 7.17. The van der Waals surface area contributed by atoms with Crippen molar-refractivity contribution in [2.75, 3.05) is 0 Å². The summed E-state index contributed by atoms with van der Waals surface area (Å²) in [5, 5.41) is 9.15. The molecule has 1 fully saturated rings. The smallest absolute Gasteiger partial charge is 0.326 e. The molecule has 0 aliphatic carbocycles. The Hall–Kier alpha value is -1.73. The first-order valence-electron chi connectivity index (χ1n) is 5.94. The van der Waals surface area contributed by atoms with Crippen molar-refractivity contribution >= 4 is 46.3 Å². The number of thiocarbonyl (C=S) groups is 1. The minimum absolute atomic E-state index is 0.282. The third kappa shape index (κ3) is 2.88. The number of nitrogens with zero attached hydrogens (tertiary/aromatic N) is 2. The molecule has 1 aliphatic rings. The lowest BCUT2D eigenvalue weighted by Gasteiger charge is -2.21. The summed E-state index contributed by atoms with van der Waals surface area (Å²) in [5.41, 5.74) is 0.823. The van der Waals surface area contributed by atoms with Gasteiger partial charge in [-0.2, -0.15) is 0 Å². The van der Waals surface area contributed by atoms with Crippen molar-refractivity contribution in [3.8, 4) is 0 Å². The average molecular weight is 308 g/mol. The Kier molecular flexibility index (Phi) is 4.51. The molecule has 5 nitrogen and oxygen atoms in total. The third-order valence-corrected chi connectivity index (χ3v) is 4.14. The van der Waals surface area contributed by atoms with Gasteiger partial charge in [0.25, 0.3) is 5.91 Å². The van der Waals surface area contributed by atoms with Gasteiger partial charge in [0.15, 0.2) is 0 Å². The number of thioether (sulfide) groups is 1. The molecule has 0 radical (unpaired) electrons. The summed E-state index contributed by atoms with van der Waals surface area (Å²) in [6, 6.07) is 2.62.